The number of nitrogens with one attached hydrogen (secondary N) is 1. The van der Waals surface area contributed by atoms with Crippen molar-refractivity contribution in [1.29, 1.82) is 0 Å². The Balaban J connectivity index is 1.88. The molecular weight excluding hydrogens is 422 g/mol. The lowest BCUT2D eigenvalue weighted by molar-refractivity contribution is -0.118. The summed E-state index contributed by atoms with van der Waals surface area (Å²) in [6.07, 6.45) is 0. The molecule has 0 unspecified atom stereocenters. The number of hydrogen-bond acceptors (Lipinski definition) is 5. The Morgan fingerprint density at radius 3 is 2.38 bits per heavy atom. The van der Waals surface area contributed by atoms with E-state index in [0.717, 1.165) is 10.0 Å². The number of methoxy groups -OCH3 is 1. The summed E-state index contributed by atoms with van der Waals surface area (Å²) in [5.74, 6) is -1.80. The van der Waals surface area contributed by atoms with Gasteiger partial charge < -0.3 is 10.1 Å². The van der Waals surface area contributed by atoms with Crippen molar-refractivity contribution in [1.82, 2.24) is 5.32 Å². The summed E-state index contributed by atoms with van der Waals surface area (Å²) >= 11 is 3.29. The number of rotatable bonds is 7. The highest BCUT2D eigenvalue weighted by Crippen LogP contribution is 2.14. The van der Waals surface area contributed by atoms with Crippen molar-refractivity contribution in [3.05, 3.63) is 69.7 Å². The molecule has 0 saturated heterocycles. The number of esters is 1. The molecule has 1 amide bonds. The van der Waals surface area contributed by atoms with Gasteiger partial charge in [-0.15, -0.1) is 0 Å². The Morgan fingerprint density at radius 1 is 1.08 bits per heavy atom. The van der Waals surface area contributed by atoms with Crippen molar-refractivity contribution in [2.24, 2.45) is 0 Å². The Bertz CT molecular complexity index is 894. The van der Waals surface area contributed by atoms with Crippen LogP contribution >= 0.6 is 15.9 Å². The van der Waals surface area contributed by atoms with Gasteiger partial charge in [0.05, 0.1) is 18.4 Å². The van der Waals surface area contributed by atoms with Crippen LogP contribution in [-0.4, -0.2) is 33.2 Å². The number of carbonyl (C=O) groups is 2. The maximum absolute atomic E-state index is 12.2. The third kappa shape index (κ3) is 6.27. The van der Waals surface area contributed by atoms with Crippen LogP contribution in [0.3, 0.4) is 0 Å². The van der Waals surface area contributed by atoms with E-state index in [-0.39, 0.29) is 12.3 Å². The van der Waals surface area contributed by atoms with Gasteiger partial charge in [-0.05, 0) is 35.4 Å². The van der Waals surface area contributed by atoms with Gasteiger partial charge in [-0.1, -0.05) is 40.2 Å². The topological polar surface area (TPSA) is 89.5 Å². The lowest BCUT2D eigenvalue weighted by Gasteiger charge is -2.08. The fraction of sp³-hybridized carbons (Fsp3) is 0.222. The molecule has 0 aliphatic heterocycles. The minimum absolute atomic E-state index is 0.173. The van der Waals surface area contributed by atoms with Gasteiger partial charge in [-0.3, -0.25) is 4.79 Å². The SMILES string of the molecule is COC(=O)c1ccc(CNC(=O)CS(=O)(=O)Cc2cccc(Br)c2)cc1. The molecule has 8 heteroatoms. The largest absolute Gasteiger partial charge is 0.465 e. The molecule has 2 aromatic rings. The highest BCUT2D eigenvalue weighted by Gasteiger charge is 2.17. The normalized spacial score (nSPS) is 11.0. The third-order valence-electron chi connectivity index (χ3n) is 3.49. The van der Waals surface area contributed by atoms with Crippen LogP contribution in [0.5, 0.6) is 0 Å². The Morgan fingerprint density at radius 2 is 1.77 bits per heavy atom. The molecule has 26 heavy (non-hydrogen) atoms. The Labute approximate surface area is 160 Å². The van der Waals surface area contributed by atoms with E-state index in [1.54, 1.807) is 48.5 Å². The van der Waals surface area contributed by atoms with Crippen LogP contribution in [0.25, 0.3) is 0 Å². The molecule has 0 aliphatic rings. The summed E-state index contributed by atoms with van der Waals surface area (Å²) in [4.78, 5) is 23.3. The lowest BCUT2D eigenvalue weighted by atomic mass is 10.1. The summed E-state index contributed by atoms with van der Waals surface area (Å²) < 4.78 is 29.7. The van der Waals surface area contributed by atoms with Crippen molar-refractivity contribution < 1.29 is 22.7 Å². The minimum Gasteiger partial charge on any atom is -0.465 e. The van der Waals surface area contributed by atoms with Gasteiger partial charge in [-0.25, -0.2) is 13.2 Å². The van der Waals surface area contributed by atoms with Gasteiger partial charge in [0.15, 0.2) is 9.84 Å². The molecule has 138 valence electrons. The Kier molecular flexibility index (Phi) is 6.93. The first-order valence-corrected chi connectivity index (χ1v) is 10.3. The second-order valence-electron chi connectivity index (χ2n) is 5.63. The molecule has 0 bridgehead atoms. The van der Waals surface area contributed by atoms with Gasteiger partial charge in [0.25, 0.3) is 0 Å². The fourth-order valence-electron chi connectivity index (χ4n) is 2.26. The summed E-state index contributed by atoms with van der Waals surface area (Å²) in [5, 5.41) is 2.57. The van der Waals surface area contributed by atoms with Crippen LogP contribution in [0.4, 0.5) is 0 Å². The fourth-order valence-corrected chi connectivity index (χ4v) is 4.00. The molecule has 6 nitrogen and oxygen atoms in total. The van der Waals surface area contributed by atoms with Gasteiger partial charge in [-0.2, -0.15) is 0 Å². The number of carbonyl (C=O) groups excluding carboxylic acids is 2. The zero-order chi connectivity index (χ0) is 19.2. The van der Waals surface area contributed by atoms with Crippen molar-refractivity contribution in [3.63, 3.8) is 0 Å². The van der Waals surface area contributed by atoms with E-state index in [1.807, 2.05) is 0 Å². The zero-order valence-corrected chi connectivity index (χ0v) is 16.5. The van der Waals surface area contributed by atoms with Crippen LogP contribution < -0.4 is 5.32 Å². The highest BCUT2D eigenvalue weighted by atomic mass is 79.9. The van der Waals surface area contributed by atoms with Gasteiger partial charge in [0.2, 0.25) is 5.91 Å². The zero-order valence-electron chi connectivity index (χ0n) is 14.1. The number of hydrogen-bond donors (Lipinski definition) is 1. The van der Waals surface area contributed by atoms with Crippen LogP contribution in [0, 0.1) is 0 Å². The molecule has 0 fully saturated rings. The first kappa shape index (κ1) is 20.1. The quantitative estimate of drug-likeness (QED) is 0.669. The monoisotopic (exact) mass is 439 g/mol. The average molecular weight is 440 g/mol. The summed E-state index contributed by atoms with van der Waals surface area (Å²) in [6, 6.07) is 13.4. The maximum Gasteiger partial charge on any atom is 0.337 e. The first-order valence-electron chi connectivity index (χ1n) is 7.68. The van der Waals surface area contributed by atoms with Gasteiger partial charge >= 0.3 is 5.97 Å². The van der Waals surface area contributed by atoms with Gasteiger partial charge in [0.1, 0.15) is 5.75 Å². The predicted molar refractivity (Wildman–Crippen MR) is 101 cm³/mol. The van der Waals surface area contributed by atoms with E-state index >= 15 is 0 Å². The molecule has 0 atom stereocenters. The van der Waals surface area contributed by atoms with E-state index in [0.29, 0.717) is 11.1 Å². The molecule has 0 radical (unpaired) electrons. The molecule has 2 aromatic carbocycles. The second kappa shape index (κ2) is 8.95. The number of benzene rings is 2. The number of amides is 1. The Hall–Kier alpha value is -2.19. The smallest absolute Gasteiger partial charge is 0.337 e. The standard InChI is InChI=1S/C18H18BrNO5S/c1-25-18(22)15-7-5-13(6-8-15)10-20-17(21)12-26(23,24)11-14-3-2-4-16(19)9-14/h2-9H,10-12H2,1H3,(H,20,21). The van der Waals surface area contributed by atoms with E-state index in [4.69, 9.17) is 0 Å². The van der Waals surface area contributed by atoms with E-state index in [2.05, 4.69) is 26.0 Å². The van der Waals surface area contributed by atoms with Crippen LogP contribution in [0.2, 0.25) is 0 Å². The maximum atomic E-state index is 12.2. The second-order valence-corrected chi connectivity index (χ2v) is 8.61. The van der Waals surface area contributed by atoms with Crippen LogP contribution in [0.15, 0.2) is 53.0 Å². The van der Waals surface area contributed by atoms with Crippen molar-refractivity contribution in [2.45, 2.75) is 12.3 Å². The van der Waals surface area contributed by atoms with E-state index in [9.17, 15) is 18.0 Å². The molecule has 2 rings (SSSR count). The van der Waals surface area contributed by atoms with Crippen LogP contribution in [0.1, 0.15) is 21.5 Å². The molecule has 0 spiro atoms. The minimum atomic E-state index is -3.57. The number of sulfone groups is 1. The molecule has 0 heterocycles. The van der Waals surface area contributed by atoms with Crippen molar-refractivity contribution >= 4 is 37.6 Å². The molecule has 0 aromatic heterocycles. The summed E-state index contributed by atoms with van der Waals surface area (Å²) in [7, 11) is -2.27. The summed E-state index contributed by atoms with van der Waals surface area (Å²) in [5.41, 5.74) is 1.76. The van der Waals surface area contributed by atoms with E-state index in [1.165, 1.54) is 7.11 Å². The third-order valence-corrected chi connectivity index (χ3v) is 5.46. The average Bonchev–Trinajstić information content (AvgIpc) is 2.59. The summed E-state index contributed by atoms with van der Waals surface area (Å²) in [6.45, 7) is 0.173. The van der Waals surface area contributed by atoms with Crippen molar-refractivity contribution in [2.75, 3.05) is 12.9 Å². The first-order chi connectivity index (χ1) is 12.3. The number of ether oxygens (including phenoxy) is 1. The molecule has 1 N–H and O–H groups in total. The molecule has 0 aliphatic carbocycles. The highest BCUT2D eigenvalue weighted by molar-refractivity contribution is 9.10. The van der Waals surface area contributed by atoms with Crippen LogP contribution in [-0.2, 0) is 31.7 Å². The van der Waals surface area contributed by atoms with Gasteiger partial charge in [0, 0.05) is 11.0 Å². The number of halogens is 1. The molecular formula is C18H18BrNO5S. The van der Waals surface area contributed by atoms with Crippen molar-refractivity contribution in [3.8, 4) is 0 Å². The lowest BCUT2D eigenvalue weighted by Crippen LogP contribution is -2.30. The predicted octanol–water partition coefficient (Wildman–Crippen LogP) is 2.47. The molecule has 0 saturated carbocycles. The van der Waals surface area contributed by atoms with E-state index < -0.39 is 27.5 Å².